The molecule has 124 valence electrons. The van der Waals surface area contributed by atoms with E-state index in [1.807, 2.05) is 55.5 Å². The summed E-state index contributed by atoms with van der Waals surface area (Å²) in [5, 5.41) is 2.74. The first-order valence-corrected chi connectivity index (χ1v) is 7.93. The lowest BCUT2D eigenvalue weighted by atomic mass is 10.1. The van der Waals surface area contributed by atoms with Gasteiger partial charge in [0.15, 0.2) is 0 Å². The molecular formula is C19H20N2O3. The van der Waals surface area contributed by atoms with Gasteiger partial charge in [0.1, 0.15) is 18.4 Å². The standard InChI is InChI=1S/C19H20N2O3/c1-13-8-9-17-16(12-13)18(20-14(2)22)19(23)21(17)10-11-24-15-6-4-3-5-7-15/h3-9,12,18H,10-11H2,1-2H3,(H,20,22)/t18-/m1/s1. The van der Waals surface area contributed by atoms with Crippen LogP contribution in [0.5, 0.6) is 5.75 Å². The molecule has 1 aliphatic heterocycles. The summed E-state index contributed by atoms with van der Waals surface area (Å²) in [4.78, 5) is 25.8. The summed E-state index contributed by atoms with van der Waals surface area (Å²) in [6.07, 6.45) is 0. The number of aryl methyl sites for hydroxylation is 1. The maximum Gasteiger partial charge on any atom is 0.254 e. The Morgan fingerprint density at radius 2 is 1.96 bits per heavy atom. The summed E-state index contributed by atoms with van der Waals surface area (Å²) in [5.41, 5.74) is 2.73. The molecule has 0 unspecified atom stereocenters. The van der Waals surface area contributed by atoms with E-state index in [1.54, 1.807) is 4.90 Å². The van der Waals surface area contributed by atoms with Crippen molar-refractivity contribution in [2.75, 3.05) is 18.1 Å². The van der Waals surface area contributed by atoms with Crippen LogP contribution in [0.15, 0.2) is 48.5 Å². The van der Waals surface area contributed by atoms with Gasteiger partial charge in [-0.3, -0.25) is 9.59 Å². The Morgan fingerprint density at radius 1 is 1.21 bits per heavy atom. The number of rotatable bonds is 5. The molecule has 0 saturated heterocycles. The molecule has 0 aliphatic carbocycles. The molecule has 0 fully saturated rings. The monoisotopic (exact) mass is 324 g/mol. The Kier molecular flexibility index (Phi) is 4.51. The highest BCUT2D eigenvalue weighted by atomic mass is 16.5. The number of carbonyl (C=O) groups is 2. The molecule has 1 atom stereocenters. The van der Waals surface area contributed by atoms with Crippen LogP contribution in [0.4, 0.5) is 5.69 Å². The van der Waals surface area contributed by atoms with Crippen molar-refractivity contribution in [3.8, 4) is 5.75 Å². The van der Waals surface area contributed by atoms with Gasteiger partial charge >= 0.3 is 0 Å². The van der Waals surface area contributed by atoms with E-state index in [9.17, 15) is 9.59 Å². The lowest BCUT2D eigenvalue weighted by molar-refractivity contribution is -0.126. The van der Waals surface area contributed by atoms with Crippen molar-refractivity contribution in [2.24, 2.45) is 0 Å². The Balaban J connectivity index is 1.76. The number of benzene rings is 2. The van der Waals surface area contributed by atoms with E-state index in [2.05, 4.69) is 5.32 Å². The molecule has 2 amide bonds. The SMILES string of the molecule is CC(=O)N[C@H]1C(=O)N(CCOc2ccccc2)c2ccc(C)cc21. The van der Waals surface area contributed by atoms with Crippen molar-refractivity contribution in [3.63, 3.8) is 0 Å². The van der Waals surface area contributed by atoms with Gasteiger partial charge in [0, 0.05) is 18.2 Å². The highest BCUT2D eigenvalue weighted by molar-refractivity contribution is 6.06. The minimum Gasteiger partial charge on any atom is -0.492 e. The molecule has 0 radical (unpaired) electrons. The molecule has 1 aliphatic rings. The Bertz CT molecular complexity index is 758. The molecule has 5 nitrogen and oxygen atoms in total. The van der Waals surface area contributed by atoms with Gasteiger partial charge in [0.05, 0.1) is 6.54 Å². The minimum absolute atomic E-state index is 0.123. The molecule has 2 aromatic carbocycles. The number of fused-ring (bicyclic) bond motifs is 1. The van der Waals surface area contributed by atoms with Crippen molar-refractivity contribution in [3.05, 3.63) is 59.7 Å². The first kappa shape index (κ1) is 16.1. The van der Waals surface area contributed by atoms with Gasteiger partial charge in [-0.1, -0.05) is 35.9 Å². The summed E-state index contributed by atoms with van der Waals surface area (Å²) in [7, 11) is 0. The smallest absolute Gasteiger partial charge is 0.254 e. The van der Waals surface area contributed by atoms with Gasteiger partial charge in [0.2, 0.25) is 5.91 Å². The van der Waals surface area contributed by atoms with Crippen LogP contribution < -0.4 is 15.0 Å². The van der Waals surface area contributed by atoms with E-state index in [0.29, 0.717) is 13.2 Å². The zero-order chi connectivity index (χ0) is 17.1. The Labute approximate surface area is 141 Å². The van der Waals surface area contributed by atoms with Crippen molar-refractivity contribution >= 4 is 17.5 Å². The molecule has 0 bridgehead atoms. The van der Waals surface area contributed by atoms with Gasteiger partial charge in [0.25, 0.3) is 5.91 Å². The number of carbonyl (C=O) groups excluding carboxylic acids is 2. The van der Waals surface area contributed by atoms with Crippen LogP contribution >= 0.6 is 0 Å². The normalized spacial score (nSPS) is 16.0. The minimum atomic E-state index is -0.617. The number of para-hydroxylation sites is 1. The maximum absolute atomic E-state index is 12.7. The fourth-order valence-electron chi connectivity index (χ4n) is 2.90. The van der Waals surface area contributed by atoms with E-state index >= 15 is 0 Å². The lowest BCUT2D eigenvalue weighted by Crippen LogP contribution is -2.38. The zero-order valence-corrected chi connectivity index (χ0v) is 13.8. The first-order chi connectivity index (χ1) is 11.6. The third-order valence-corrected chi connectivity index (χ3v) is 3.97. The van der Waals surface area contributed by atoms with Gasteiger partial charge in [-0.2, -0.15) is 0 Å². The average Bonchev–Trinajstić information content (AvgIpc) is 2.80. The molecule has 0 saturated carbocycles. The Morgan fingerprint density at radius 3 is 2.67 bits per heavy atom. The van der Waals surface area contributed by atoms with Gasteiger partial charge in [-0.25, -0.2) is 0 Å². The molecule has 5 heteroatoms. The van der Waals surface area contributed by atoms with Crippen molar-refractivity contribution in [2.45, 2.75) is 19.9 Å². The molecule has 1 heterocycles. The molecule has 0 spiro atoms. The number of anilines is 1. The average molecular weight is 324 g/mol. The molecule has 1 N–H and O–H groups in total. The van der Waals surface area contributed by atoms with Gasteiger partial charge < -0.3 is 15.0 Å². The number of amides is 2. The van der Waals surface area contributed by atoms with Crippen molar-refractivity contribution < 1.29 is 14.3 Å². The highest BCUT2D eigenvalue weighted by Gasteiger charge is 2.37. The second-order valence-corrected chi connectivity index (χ2v) is 5.85. The number of ether oxygens (including phenoxy) is 1. The van der Waals surface area contributed by atoms with Crippen LogP contribution in [0, 0.1) is 6.92 Å². The molecule has 3 rings (SSSR count). The fourth-order valence-corrected chi connectivity index (χ4v) is 2.90. The van der Waals surface area contributed by atoms with Gasteiger partial charge in [-0.15, -0.1) is 0 Å². The largest absolute Gasteiger partial charge is 0.492 e. The molecule has 24 heavy (non-hydrogen) atoms. The fraction of sp³-hybridized carbons (Fsp3) is 0.263. The van der Waals surface area contributed by atoms with E-state index in [4.69, 9.17) is 4.74 Å². The number of hydrogen-bond acceptors (Lipinski definition) is 3. The van der Waals surface area contributed by atoms with Crippen LogP contribution in [0.1, 0.15) is 24.1 Å². The van der Waals surface area contributed by atoms with Crippen LogP contribution in [0.3, 0.4) is 0 Å². The predicted octanol–water partition coefficient (Wildman–Crippen LogP) is 2.60. The third kappa shape index (κ3) is 3.25. The molecule has 0 aromatic heterocycles. The summed E-state index contributed by atoms with van der Waals surface area (Å²) in [6.45, 7) is 4.20. The molecule has 2 aromatic rings. The third-order valence-electron chi connectivity index (χ3n) is 3.97. The van der Waals surface area contributed by atoms with Gasteiger partial charge in [-0.05, 0) is 25.1 Å². The van der Waals surface area contributed by atoms with Crippen LogP contribution in [0.2, 0.25) is 0 Å². The second-order valence-electron chi connectivity index (χ2n) is 5.85. The second kappa shape index (κ2) is 6.74. The summed E-state index contributed by atoms with van der Waals surface area (Å²) < 4.78 is 5.69. The number of nitrogens with zero attached hydrogens (tertiary/aromatic N) is 1. The first-order valence-electron chi connectivity index (χ1n) is 7.93. The van der Waals surface area contributed by atoms with E-state index in [-0.39, 0.29) is 11.8 Å². The Hall–Kier alpha value is -2.82. The van der Waals surface area contributed by atoms with Crippen LogP contribution in [-0.4, -0.2) is 25.0 Å². The van der Waals surface area contributed by atoms with E-state index in [1.165, 1.54) is 6.92 Å². The van der Waals surface area contributed by atoms with Crippen molar-refractivity contribution in [1.82, 2.24) is 5.32 Å². The number of nitrogens with one attached hydrogen (secondary N) is 1. The highest BCUT2D eigenvalue weighted by Crippen LogP contribution is 2.36. The zero-order valence-electron chi connectivity index (χ0n) is 13.8. The molecular weight excluding hydrogens is 304 g/mol. The summed E-state index contributed by atoms with van der Waals surface area (Å²) in [5.74, 6) is 0.428. The number of hydrogen-bond donors (Lipinski definition) is 1. The maximum atomic E-state index is 12.7. The summed E-state index contributed by atoms with van der Waals surface area (Å²) >= 11 is 0. The van der Waals surface area contributed by atoms with E-state index in [0.717, 1.165) is 22.6 Å². The topological polar surface area (TPSA) is 58.6 Å². The van der Waals surface area contributed by atoms with Crippen LogP contribution in [0.25, 0.3) is 0 Å². The lowest BCUT2D eigenvalue weighted by Gasteiger charge is -2.18. The van der Waals surface area contributed by atoms with E-state index < -0.39 is 6.04 Å². The quantitative estimate of drug-likeness (QED) is 0.920. The predicted molar refractivity (Wildman–Crippen MR) is 92.0 cm³/mol. The van der Waals surface area contributed by atoms with Crippen LogP contribution in [-0.2, 0) is 9.59 Å². The van der Waals surface area contributed by atoms with Crippen molar-refractivity contribution in [1.29, 1.82) is 0 Å². The summed E-state index contributed by atoms with van der Waals surface area (Å²) in [6, 6.07) is 14.7.